The maximum atomic E-state index is 12.6. The summed E-state index contributed by atoms with van der Waals surface area (Å²) in [5.41, 5.74) is -0.540. The Bertz CT molecular complexity index is 442. The van der Waals surface area contributed by atoms with Crippen LogP contribution >= 0.6 is 0 Å². The molecule has 6 nitrogen and oxygen atoms in total. The SMILES string of the molecule is CCO[C@@H]1CN(C(=O)OC(C)(C)C)[C@@H](CO[Si](C)(C)C(C)(C)C)CO1. The van der Waals surface area contributed by atoms with Crippen LogP contribution in [0.3, 0.4) is 0 Å². The van der Waals surface area contributed by atoms with Crippen LogP contribution in [0.2, 0.25) is 18.1 Å². The third-order valence-electron chi connectivity index (χ3n) is 4.68. The first-order valence-electron chi connectivity index (χ1n) is 9.13. The Morgan fingerprint density at radius 2 is 1.80 bits per heavy atom. The third-order valence-corrected chi connectivity index (χ3v) is 9.19. The standard InChI is InChI=1S/C18H37NO5Si/c1-10-21-15-11-19(16(20)24-17(2,3)4)14(12-22-15)13-23-25(8,9)18(5,6)7/h14-15H,10-13H2,1-9H3/t14-,15+/m1/s1. The lowest BCUT2D eigenvalue weighted by molar-refractivity contribution is -0.191. The van der Waals surface area contributed by atoms with E-state index < -0.39 is 20.2 Å². The van der Waals surface area contributed by atoms with Crippen LogP contribution in [0.5, 0.6) is 0 Å². The van der Waals surface area contributed by atoms with Gasteiger partial charge in [-0.15, -0.1) is 0 Å². The van der Waals surface area contributed by atoms with Gasteiger partial charge in [-0.2, -0.15) is 0 Å². The molecule has 0 aromatic heterocycles. The maximum absolute atomic E-state index is 12.6. The number of carbonyl (C=O) groups is 1. The van der Waals surface area contributed by atoms with Crippen molar-refractivity contribution >= 4 is 14.4 Å². The molecule has 0 aromatic rings. The highest BCUT2D eigenvalue weighted by Crippen LogP contribution is 2.36. The van der Waals surface area contributed by atoms with Crippen molar-refractivity contribution in [3.63, 3.8) is 0 Å². The maximum Gasteiger partial charge on any atom is 0.410 e. The lowest BCUT2D eigenvalue weighted by atomic mass is 10.2. The van der Waals surface area contributed by atoms with E-state index >= 15 is 0 Å². The molecule has 1 heterocycles. The second kappa shape index (κ2) is 8.37. The third kappa shape index (κ3) is 6.88. The summed E-state index contributed by atoms with van der Waals surface area (Å²) >= 11 is 0. The highest BCUT2D eigenvalue weighted by molar-refractivity contribution is 6.74. The Labute approximate surface area is 154 Å². The highest BCUT2D eigenvalue weighted by atomic mass is 28.4. The zero-order valence-corrected chi connectivity index (χ0v) is 18.5. The Hall–Kier alpha value is -0.633. The van der Waals surface area contributed by atoms with Crippen molar-refractivity contribution in [1.29, 1.82) is 0 Å². The van der Waals surface area contributed by atoms with Gasteiger partial charge in [0.05, 0.1) is 25.8 Å². The summed E-state index contributed by atoms with van der Waals surface area (Å²) in [6.45, 7) is 20.3. The van der Waals surface area contributed by atoms with Crippen molar-refractivity contribution in [3.8, 4) is 0 Å². The predicted octanol–water partition coefficient (Wildman–Crippen LogP) is 4.01. The molecule has 7 heteroatoms. The molecule has 2 atom stereocenters. The molecule has 25 heavy (non-hydrogen) atoms. The fourth-order valence-electron chi connectivity index (χ4n) is 2.16. The molecule has 0 aromatic carbocycles. The van der Waals surface area contributed by atoms with E-state index in [0.29, 0.717) is 26.4 Å². The Kier molecular flexibility index (Phi) is 7.50. The molecule has 1 aliphatic rings. The van der Waals surface area contributed by atoms with Crippen molar-refractivity contribution in [2.24, 2.45) is 0 Å². The molecule has 148 valence electrons. The van der Waals surface area contributed by atoms with E-state index in [0.717, 1.165) is 0 Å². The van der Waals surface area contributed by atoms with Crippen LogP contribution in [-0.2, 0) is 18.6 Å². The molecule has 0 saturated carbocycles. The minimum atomic E-state index is -1.90. The van der Waals surface area contributed by atoms with E-state index in [4.69, 9.17) is 18.6 Å². The quantitative estimate of drug-likeness (QED) is 0.680. The van der Waals surface area contributed by atoms with Gasteiger partial charge in [0.25, 0.3) is 0 Å². The van der Waals surface area contributed by atoms with Gasteiger partial charge in [0, 0.05) is 6.61 Å². The number of amides is 1. The first-order valence-corrected chi connectivity index (χ1v) is 12.0. The van der Waals surface area contributed by atoms with Crippen molar-refractivity contribution in [2.45, 2.75) is 84.5 Å². The second-order valence-corrected chi connectivity index (χ2v) is 13.9. The van der Waals surface area contributed by atoms with Gasteiger partial charge in [-0.3, -0.25) is 4.90 Å². The Morgan fingerprint density at radius 3 is 2.28 bits per heavy atom. The van der Waals surface area contributed by atoms with Crippen LogP contribution in [0.1, 0.15) is 48.5 Å². The van der Waals surface area contributed by atoms with Gasteiger partial charge >= 0.3 is 6.09 Å². The summed E-state index contributed by atoms with van der Waals surface area (Å²) < 4.78 is 23.2. The molecule has 0 radical (unpaired) electrons. The zero-order valence-electron chi connectivity index (χ0n) is 17.5. The van der Waals surface area contributed by atoms with Gasteiger partial charge in [-0.25, -0.2) is 4.79 Å². The molecular weight excluding hydrogens is 338 g/mol. The van der Waals surface area contributed by atoms with Gasteiger partial charge < -0.3 is 18.6 Å². The molecule has 1 rings (SSSR count). The molecular formula is C18H37NO5Si. The lowest BCUT2D eigenvalue weighted by Crippen LogP contribution is -2.57. The van der Waals surface area contributed by atoms with Crippen molar-refractivity contribution in [3.05, 3.63) is 0 Å². The van der Waals surface area contributed by atoms with Gasteiger partial charge in [-0.1, -0.05) is 20.8 Å². The summed E-state index contributed by atoms with van der Waals surface area (Å²) in [6.07, 6.45) is -0.758. The van der Waals surface area contributed by atoms with E-state index in [2.05, 4.69) is 33.9 Å². The topological polar surface area (TPSA) is 57.2 Å². The summed E-state index contributed by atoms with van der Waals surface area (Å²) in [4.78, 5) is 14.3. The number of hydrogen-bond acceptors (Lipinski definition) is 5. The number of carbonyl (C=O) groups excluding carboxylic acids is 1. The number of nitrogens with zero attached hydrogens (tertiary/aromatic N) is 1. The fourth-order valence-corrected chi connectivity index (χ4v) is 3.20. The van der Waals surface area contributed by atoms with Crippen LogP contribution in [-0.4, -0.2) is 63.6 Å². The molecule has 0 N–H and O–H groups in total. The van der Waals surface area contributed by atoms with E-state index in [1.165, 1.54) is 0 Å². The first-order chi connectivity index (χ1) is 11.3. The molecule has 0 spiro atoms. The van der Waals surface area contributed by atoms with Crippen LogP contribution in [0, 0.1) is 0 Å². The zero-order chi connectivity index (χ0) is 19.5. The Balaban J connectivity index is 2.82. The first kappa shape index (κ1) is 22.4. The summed E-state index contributed by atoms with van der Waals surface area (Å²) in [5.74, 6) is 0. The van der Waals surface area contributed by atoms with Gasteiger partial charge in [-0.05, 0) is 45.8 Å². The van der Waals surface area contributed by atoms with E-state index in [1.807, 2.05) is 27.7 Å². The van der Waals surface area contributed by atoms with Crippen molar-refractivity contribution in [1.82, 2.24) is 4.90 Å². The lowest BCUT2D eigenvalue weighted by Gasteiger charge is -2.42. The van der Waals surface area contributed by atoms with Crippen molar-refractivity contribution in [2.75, 3.05) is 26.4 Å². The van der Waals surface area contributed by atoms with Gasteiger partial charge in [0.1, 0.15) is 5.60 Å². The number of morpholine rings is 1. The number of hydrogen-bond donors (Lipinski definition) is 0. The minimum absolute atomic E-state index is 0.118. The molecule has 1 aliphatic heterocycles. The summed E-state index contributed by atoms with van der Waals surface area (Å²) in [5, 5.41) is 0.118. The van der Waals surface area contributed by atoms with E-state index in [-0.39, 0.29) is 17.2 Å². The van der Waals surface area contributed by atoms with E-state index in [9.17, 15) is 4.79 Å². The minimum Gasteiger partial charge on any atom is -0.444 e. The van der Waals surface area contributed by atoms with Crippen LogP contribution in [0.4, 0.5) is 4.79 Å². The van der Waals surface area contributed by atoms with Gasteiger partial charge in [0.2, 0.25) is 0 Å². The molecule has 0 aliphatic carbocycles. The van der Waals surface area contributed by atoms with E-state index in [1.54, 1.807) is 4.90 Å². The van der Waals surface area contributed by atoms with Crippen LogP contribution in [0.15, 0.2) is 0 Å². The molecule has 0 bridgehead atoms. The highest BCUT2D eigenvalue weighted by Gasteiger charge is 2.40. The molecule has 1 saturated heterocycles. The normalized spacial score (nSPS) is 22.8. The summed E-state index contributed by atoms with van der Waals surface area (Å²) in [6, 6.07) is -0.166. The van der Waals surface area contributed by atoms with Gasteiger partial charge in [0.15, 0.2) is 14.6 Å². The smallest absolute Gasteiger partial charge is 0.410 e. The van der Waals surface area contributed by atoms with Crippen LogP contribution < -0.4 is 0 Å². The summed E-state index contributed by atoms with van der Waals surface area (Å²) in [7, 11) is -1.90. The number of ether oxygens (including phenoxy) is 3. The molecule has 0 unspecified atom stereocenters. The number of rotatable bonds is 5. The average Bonchev–Trinajstić information content (AvgIpc) is 2.43. The molecule has 1 amide bonds. The fraction of sp³-hybridized carbons (Fsp3) is 0.944. The predicted molar refractivity (Wildman–Crippen MR) is 101 cm³/mol. The average molecular weight is 376 g/mol. The molecule has 1 fully saturated rings. The largest absolute Gasteiger partial charge is 0.444 e. The second-order valence-electron chi connectivity index (χ2n) is 9.08. The monoisotopic (exact) mass is 375 g/mol. The van der Waals surface area contributed by atoms with Crippen molar-refractivity contribution < 1.29 is 23.4 Å². The Morgan fingerprint density at radius 1 is 1.20 bits per heavy atom. The van der Waals surface area contributed by atoms with Crippen LogP contribution in [0.25, 0.3) is 0 Å².